The summed E-state index contributed by atoms with van der Waals surface area (Å²) in [5.74, 6) is 0.0529. The first-order valence-corrected chi connectivity index (χ1v) is 6.61. The van der Waals surface area contributed by atoms with Crippen LogP contribution in [0, 0.1) is 0 Å². The van der Waals surface area contributed by atoms with Crippen LogP contribution in [0.2, 0.25) is 0 Å². The van der Waals surface area contributed by atoms with Crippen LogP contribution in [0.4, 0.5) is 0 Å². The Bertz CT molecular complexity index is 1010. The molecule has 0 aliphatic carbocycles. The Balaban J connectivity index is 2.08. The number of phenolic OH excluding ortho intramolecular Hbond substituents is 2. The zero-order valence-corrected chi connectivity index (χ0v) is 11.2. The van der Waals surface area contributed by atoms with Crippen molar-refractivity contribution in [1.29, 1.82) is 0 Å². The first-order chi connectivity index (χ1) is 10.6. The molecule has 2 aromatic rings. The van der Waals surface area contributed by atoms with Crippen molar-refractivity contribution >= 4 is 11.0 Å². The molecule has 0 unspecified atom stereocenters. The van der Waals surface area contributed by atoms with Crippen LogP contribution in [0.3, 0.4) is 0 Å². The molecule has 0 aromatic heterocycles. The molecule has 0 fully saturated rings. The molecule has 5 heteroatoms. The molecule has 0 amide bonds. The molecule has 22 heavy (non-hydrogen) atoms. The Hall–Kier alpha value is -3.21. The maximum Gasteiger partial charge on any atom is 0.348 e. The average molecular weight is 294 g/mol. The second-order valence-corrected chi connectivity index (χ2v) is 4.95. The highest BCUT2D eigenvalue weighted by molar-refractivity contribution is 5.88. The zero-order valence-electron chi connectivity index (χ0n) is 11.2. The molecule has 2 heterocycles. The molecule has 2 aliphatic heterocycles. The van der Waals surface area contributed by atoms with E-state index >= 15 is 0 Å². The number of rotatable bonds is 1. The van der Waals surface area contributed by atoms with Crippen molar-refractivity contribution in [3.05, 3.63) is 59.0 Å². The fourth-order valence-electron chi connectivity index (χ4n) is 2.49. The summed E-state index contributed by atoms with van der Waals surface area (Å²) in [4.78, 5) is 12.1. The Morgan fingerprint density at radius 1 is 0.864 bits per heavy atom. The number of aromatic hydroxyl groups is 2. The quantitative estimate of drug-likeness (QED) is 0.524. The SMILES string of the molecule is O=c1oc2cc3cc(O)c(O)cc3oc-2c1-c1ccccc1. The largest absolute Gasteiger partial charge is 0.504 e. The van der Waals surface area contributed by atoms with E-state index in [9.17, 15) is 15.0 Å². The van der Waals surface area contributed by atoms with E-state index in [1.807, 2.05) is 18.2 Å². The number of fused-ring (bicyclic) bond motifs is 2. The van der Waals surface area contributed by atoms with Crippen molar-refractivity contribution < 1.29 is 19.0 Å². The van der Waals surface area contributed by atoms with Gasteiger partial charge in [0.15, 0.2) is 23.0 Å². The maximum absolute atomic E-state index is 12.1. The van der Waals surface area contributed by atoms with E-state index in [1.54, 1.807) is 18.2 Å². The highest BCUT2D eigenvalue weighted by Gasteiger charge is 2.23. The predicted molar refractivity (Wildman–Crippen MR) is 80.1 cm³/mol. The zero-order chi connectivity index (χ0) is 15.3. The average Bonchev–Trinajstić information content (AvgIpc) is 2.82. The molecule has 2 aliphatic rings. The van der Waals surface area contributed by atoms with E-state index < -0.39 is 5.63 Å². The van der Waals surface area contributed by atoms with E-state index in [0.29, 0.717) is 33.6 Å². The van der Waals surface area contributed by atoms with E-state index in [1.165, 1.54) is 12.1 Å². The minimum Gasteiger partial charge on any atom is -0.504 e. The topological polar surface area (TPSA) is 83.8 Å². The smallest absolute Gasteiger partial charge is 0.348 e. The van der Waals surface area contributed by atoms with Crippen LogP contribution in [-0.4, -0.2) is 10.2 Å². The molecule has 2 aromatic carbocycles. The second-order valence-electron chi connectivity index (χ2n) is 4.95. The lowest BCUT2D eigenvalue weighted by atomic mass is 10.1. The van der Waals surface area contributed by atoms with Gasteiger partial charge in [-0.25, -0.2) is 4.79 Å². The van der Waals surface area contributed by atoms with Gasteiger partial charge in [-0.2, -0.15) is 0 Å². The van der Waals surface area contributed by atoms with Crippen LogP contribution in [0.15, 0.2) is 62.2 Å². The van der Waals surface area contributed by atoms with Gasteiger partial charge < -0.3 is 19.0 Å². The Kier molecular flexibility index (Phi) is 2.50. The van der Waals surface area contributed by atoms with Crippen molar-refractivity contribution in [2.24, 2.45) is 0 Å². The lowest BCUT2D eigenvalue weighted by molar-refractivity contribution is 0.403. The molecule has 4 rings (SSSR count). The molecular weight excluding hydrogens is 284 g/mol. The summed E-state index contributed by atoms with van der Waals surface area (Å²) in [6, 6.07) is 13.3. The number of hydrogen-bond donors (Lipinski definition) is 2. The summed E-state index contributed by atoms with van der Waals surface area (Å²) in [7, 11) is 0. The lowest BCUT2D eigenvalue weighted by Crippen LogP contribution is -1.95. The Labute approximate surface area is 124 Å². The molecule has 108 valence electrons. The van der Waals surface area contributed by atoms with Crippen LogP contribution in [-0.2, 0) is 0 Å². The van der Waals surface area contributed by atoms with Gasteiger partial charge in [-0.05, 0) is 17.7 Å². The van der Waals surface area contributed by atoms with Crippen LogP contribution in [0.1, 0.15) is 0 Å². The third-order valence-electron chi connectivity index (χ3n) is 3.53. The van der Waals surface area contributed by atoms with E-state index in [0.717, 1.165) is 0 Å². The van der Waals surface area contributed by atoms with Crippen LogP contribution in [0.25, 0.3) is 33.6 Å². The van der Waals surface area contributed by atoms with Gasteiger partial charge in [0.1, 0.15) is 11.1 Å². The van der Waals surface area contributed by atoms with Crippen molar-refractivity contribution in [3.63, 3.8) is 0 Å². The molecule has 0 radical (unpaired) electrons. The van der Waals surface area contributed by atoms with Crippen LogP contribution < -0.4 is 5.63 Å². The summed E-state index contributed by atoms with van der Waals surface area (Å²) >= 11 is 0. The van der Waals surface area contributed by atoms with Gasteiger partial charge in [0, 0.05) is 11.5 Å². The molecule has 0 bridgehead atoms. The summed E-state index contributed by atoms with van der Waals surface area (Å²) in [5, 5.41) is 19.7. The predicted octanol–water partition coefficient (Wildman–Crippen LogP) is 3.57. The van der Waals surface area contributed by atoms with Gasteiger partial charge in [0.05, 0.1) is 0 Å². The first-order valence-electron chi connectivity index (χ1n) is 6.61. The fourth-order valence-corrected chi connectivity index (χ4v) is 2.49. The number of phenols is 2. The highest BCUT2D eigenvalue weighted by Crippen LogP contribution is 2.38. The lowest BCUT2D eigenvalue weighted by Gasteiger charge is -2.05. The van der Waals surface area contributed by atoms with E-state index in [4.69, 9.17) is 8.83 Å². The molecule has 0 saturated heterocycles. The molecule has 0 atom stereocenters. The number of furan rings is 1. The van der Waals surface area contributed by atoms with E-state index in [2.05, 4.69) is 0 Å². The summed E-state index contributed by atoms with van der Waals surface area (Å²) in [6.45, 7) is 0. The van der Waals surface area contributed by atoms with Gasteiger partial charge in [-0.3, -0.25) is 0 Å². The highest BCUT2D eigenvalue weighted by atomic mass is 16.4. The van der Waals surface area contributed by atoms with Gasteiger partial charge >= 0.3 is 5.63 Å². The van der Waals surface area contributed by atoms with Crippen molar-refractivity contribution in [1.82, 2.24) is 0 Å². The maximum atomic E-state index is 12.1. The van der Waals surface area contributed by atoms with Gasteiger partial charge in [-0.1, -0.05) is 30.3 Å². The third kappa shape index (κ3) is 1.76. The second kappa shape index (κ2) is 4.39. The van der Waals surface area contributed by atoms with Crippen LogP contribution in [0.5, 0.6) is 11.5 Å². The molecule has 5 nitrogen and oxygen atoms in total. The normalized spacial score (nSPS) is 11.3. The summed E-state index contributed by atoms with van der Waals surface area (Å²) in [5.41, 5.74) is 0.886. The minimum atomic E-state index is -0.492. The monoisotopic (exact) mass is 294 g/mol. The Morgan fingerprint density at radius 2 is 1.59 bits per heavy atom. The van der Waals surface area contributed by atoms with Gasteiger partial charge in [0.25, 0.3) is 0 Å². The Morgan fingerprint density at radius 3 is 2.36 bits per heavy atom. The summed E-state index contributed by atoms with van der Waals surface area (Å²) < 4.78 is 11.0. The number of hydrogen-bond acceptors (Lipinski definition) is 5. The summed E-state index contributed by atoms with van der Waals surface area (Å²) in [6.07, 6.45) is 0. The van der Waals surface area contributed by atoms with Gasteiger partial charge in [-0.15, -0.1) is 0 Å². The molecule has 2 N–H and O–H groups in total. The number of benzene rings is 2. The molecular formula is C17H10O5. The van der Waals surface area contributed by atoms with Crippen LogP contribution >= 0.6 is 0 Å². The van der Waals surface area contributed by atoms with Gasteiger partial charge in [0.2, 0.25) is 0 Å². The molecule has 0 saturated carbocycles. The fraction of sp³-hybridized carbons (Fsp3) is 0. The standard InChI is InChI=1S/C17H10O5/c18-11-6-10-7-14-16(21-13(10)8-12(11)19)15(17(20)22-14)9-4-2-1-3-5-9/h1-8,18-19H. The third-order valence-corrected chi connectivity index (χ3v) is 3.53. The van der Waals surface area contributed by atoms with Crippen molar-refractivity contribution in [2.45, 2.75) is 0 Å². The van der Waals surface area contributed by atoms with Crippen molar-refractivity contribution in [3.8, 4) is 34.1 Å². The molecule has 0 spiro atoms. The van der Waals surface area contributed by atoms with Crippen molar-refractivity contribution in [2.75, 3.05) is 0 Å². The first kappa shape index (κ1) is 12.5. The van der Waals surface area contributed by atoms with E-state index in [-0.39, 0.29) is 11.5 Å². The minimum absolute atomic E-state index is 0.265.